The standard InChI is InChI=1S/C18H19NO.ClH/c20-18-15-10-11-19(16-9-5-4-8-14(15)16)17(18)12-13-6-2-1-3-7-13;/h1-9,15,17-18,20H,10-12H2;1H. The molecule has 3 aliphatic heterocycles. The first kappa shape index (κ1) is 14.4. The molecule has 0 aliphatic carbocycles. The lowest BCUT2D eigenvalue weighted by atomic mass is 9.75. The molecule has 3 heterocycles. The summed E-state index contributed by atoms with van der Waals surface area (Å²) in [5.74, 6) is 0.310. The molecule has 3 atom stereocenters. The van der Waals surface area contributed by atoms with Gasteiger partial charge in [0.15, 0.2) is 0 Å². The van der Waals surface area contributed by atoms with Gasteiger partial charge in [-0.1, -0.05) is 48.5 Å². The SMILES string of the molecule is Cl.OC1C2CCN(c3ccccc32)C1Cc1ccccc1. The summed E-state index contributed by atoms with van der Waals surface area (Å²) in [6, 6.07) is 19.3. The Morgan fingerprint density at radius 3 is 2.52 bits per heavy atom. The number of nitrogens with zero attached hydrogens (tertiary/aromatic N) is 1. The normalized spacial score (nSPS) is 26.1. The van der Waals surface area contributed by atoms with Crippen LogP contribution in [0.2, 0.25) is 0 Å². The lowest BCUT2D eigenvalue weighted by molar-refractivity contribution is 0.0821. The van der Waals surface area contributed by atoms with Gasteiger partial charge in [-0.15, -0.1) is 12.4 Å². The van der Waals surface area contributed by atoms with E-state index in [1.807, 2.05) is 6.07 Å². The largest absolute Gasteiger partial charge is 0.390 e. The van der Waals surface area contributed by atoms with Crippen LogP contribution >= 0.6 is 12.4 Å². The Hall–Kier alpha value is -1.51. The second kappa shape index (κ2) is 5.70. The Labute approximate surface area is 131 Å². The second-order valence-corrected chi connectivity index (χ2v) is 5.90. The predicted octanol–water partition coefficient (Wildman–Crippen LogP) is 3.39. The second-order valence-electron chi connectivity index (χ2n) is 5.90. The van der Waals surface area contributed by atoms with E-state index in [0.717, 1.165) is 19.4 Å². The van der Waals surface area contributed by atoms with Gasteiger partial charge in [0.05, 0.1) is 12.1 Å². The maximum absolute atomic E-state index is 10.7. The molecule has 2 nitrogen and oxygen atoms in total. The van der Waals surface area contributed by atoms with E-state index in [1.54, 1.807) is 0 Å². The molecule has 2 aromatic carbocycles. The zero-order valence-corrected chi connectivity index (χ0v) is 12.7. The number of aliphatic hydroxyl groups is 1. The molecule has 1 saturated heterocycles. The minimum atomic E-state index is -0.251. The molecule has 3 heteroatoms. The molecule has 2 bridgehead atoms. The number of anilines is 1. The molecule has 0 saturated carbocycles. The maximum atomic E-state index is 10.7. The van der Waals surface area contributed by atoms with Crippen LogP contribution < -0.4 is 4.90 Å². The average Bonchev–Trinajstić information content (AvgIpc) is 2.52. The maximum Gasteiger partial charge on any atom is 0.0816 e. The zero-order valence-electron chi connectivity index (χ0n) is 11.9. The molecule has 3 unspecified atom stereocenters. The Bertz CT molecular complexity index is 616. The summed E-state index contributed by atoms with van der Waals surface area (Å²) in [7, 11) is 0. The Morgan fingerprint density at radius 1 is 1.00 bits per heavy atom. The van der Waals surface area contributed by atoms with Crippen molar-refractivity contribution in [3.05, 3.63) is 65.7 Å². The number of aliphatic hydroxyl groups excluding tert-OH is 1. The molecule has 1 N–H and O–H groups in total. The van der Waals surface area contributed by atoms with Gasteiger partial charge in [0.25, 0.3) is 0 Å². The highest BCUT2D eigenvalue weighted by molar-refractivity contribution is 5.85. The van der Waals surface area contributed by atoms with Crippen LogP contribution in [-0.4, -0.2) is 23.8 Å². The number of fused-ring (bicyclic) bond motifs is 2. The lowest BCUT2D eigenvalue weighted by Crippen LogP contribution is -2.56. The van der Waals surface area contributed by atoms with Crippen molar-refractivity contribution < 1.29 is 5.11 Å². The van der Waals surface area contributed by atoms with Gasteiger partial charge in [0.1, 0.15) is 0 Å². The van der Waals surface area contributed by atoms with Crippen LogP contribution in [0.1, 0.15) is 23.5 Å². The van der Waals surface area contributed by atoms with E-state index >= 15 is 0 Å². The molecule has 3 aliphatic rings. The van der Waals surface area contributed by atoms with Crippen molar-refractivity contribution in [2.45, 2.75) is 30.9 Å². The summed E-state index contributed by atoms with van der Waals surface area (Å²) in [5.41, 5.74) is 3.96. The van der Waals surface area contributed by atoms with Gasteiger partial charge < -0.3 is 10.0 Å². The molecule has 0 spiro atoms. The topological polar surface area (TPSA) is 23.5 Å². The number of hydrogen-bond donors (Lipinski definition) is 1. The third-order valence-corrected chi connectivity index (χ3v) is 4.82. The highest BCUT2D eigenvalue weighted by Gasteiger charge is 2.43. The van der Waals surface area contributed by atoms with Gasteiger partial charge in [-0.2, -0.15) is 0 Å². The first-order valence-electron chi connectivity index (χ1n) is 7.42. The molecule has 110 valence electrons. The molecule has 0 amide bonds. The van der Waals surface area contributed by atoms with Crippen molar-refractivity contribution in [1.29, 1.82) is 0 Å². The fraction of sp³-hybridized carbons (Fsp3) is 0.333. The first-order valence-corrected chi connectivity index (χ1v) is 7.42. The minimum absolute atomic E-state index is 0. The Morgan fingerprint density at radius 2 is 1.71 bits per heavy atom. The predicted molar refractivity (Wildman–Crippen MR) is 88.3 cm³/mol. The fourth-order valence-corrected chi connectivity index (χ4v) is 3.86. The van der Waals surface area contributed by atoms with Gasteiger partial charge in [-0.25, -0.2) is 0 Å². The third kappa shape index (κ3) is 2.33. The first-order chi connectivity index (χ1) is 9.84. The van der Waals surface area contributed by atoms with E-state index < -0.39 is 0 Å². The van der Waals surface area contributed by atoms with Crippen molar-refractivity contribution >= 4 is 18.1 Å². The highest BCUT2D eigenvalue weighted by atomic mass is 35.5. The van der Waals surface area contributed by atoms with Gasteiger partial charge in [0, 0.05) is 18.2 Å². The van der Waals surface area contributed by atoms with Crippen LogP contribution in [0.4, 0.5) is 5.69 Å². The summed E-state index contributed by atoms with van der Waals surface area (Å²) in [6.45, 7) is 1.07. The lowest BCUT2D eigenvalue weighted by Gasteiger charge is -2.51. The van der Waals surface area contributed by atoms with Crippen molar-refractivity contribution in [3.63, 3.8) is 0 Å². The van der Waals surface area contributed by atoms with Crippen LogP contribution in [0, 0.1) is 0 Å². The Kier molecular flexibility index (Phi) is 3.92. The molecule has 1 fully saturated rings. The summed E-state index contributed by atoms with van der Waals surface area (Å²) >= 11 is 0. The van der Waals surface area contributed by atoms with E-state index in [-0.39, 0.29) is 24.6 Å². The molecule has 21 heavy (non-hydrogen) atoms. The van der Waals surface area contributed by atoms with E-state index in [0.29, 0.717) is 5.92 Å². The summed E-state index contributed by atoms with van der Waals surface area (Å²) < 4.78 is 0. The van der Waals surface area contributed by atoms with E-state index in [9.17, 15) is 5.11 Å². The van der Waals surface area contributed by atoms with E-state index in [1.165, 1.54) is 16.8 Å². The van der Waals surface area contributed by atoms with Crippen molar-refractivity contribution in [2.75, 3.05) is 11.4 Å². The van der Waals surface area contributed by atoms with Gasteiger partial charge in [0.2, 0.25) is 0 Å². The number of rotatable bonds is 2. The molecule has 0 radical (unpaired) electrons. The number of piperidine rings is 1. The third-order valence-electron chi connectivity index (χ3n) is 4.82. The number of hydrogen-bond acceptors (Lipinski definition) is 2. The van der Waals surface area contributed by atoms with Gasteiger partial charge in [-0.3, -0.25) is 0 Å². The van der Waals surface area contributed by atoms with Crippen LogP contribution in [0.15, 0.2) is 54.6 Å². The van der Waals surface area contributed by atoms with E-state index in [4.69, 9.17) is 0 Å². The van der Waals surface area contributed by atoms with Crippen LogP contribution in [0.5, 0.6) is 0 Å². The molecule has 5 rings (SSSR count). The molecule has 0 aromatic heterocycles. The van der Waals surface area contributed by atoms with Gasteiger partial charge in [-0.05, 0) is 30.0 Å². The number of para-hydroxylation sites is 1. The molecule has 2 aromatic rings. The van der Waals surface area contributed by atoms with Crippen molar-refractivity contribution in [2.24, 2.45) is 0 Å². The fourth-order valence-electron chi connectivity index (χ4n) is 3.86. The zero-order chi connectivity index (χ0) is 13.5. The van der Waals surface area contributed by atoms with Crippen LogP contribution in [0.25, 0.3) is 0 Å². The Balaban J connectivity index is 0.00000132. The van der Waals surface area contributed by atoms with Crippen LogP contribution in [-0.2, 0) is 6.42 Å². The highest BCUT2D eigenvalue weighted by Crippen LogP contribution is 2.45. The summed E-state index contributed by atoms with van der Waals surface area (Å²) in [4.78, 5) is 2.41. The monoisotopic (exact) mass is 301 g/mol. The summed E-state index contributed by atoms with van der Waals surface area (Å²) in [5, 5.41) is 10.7. The molecular formula is C18H20ClNO. The minimum Gasteiger partial charge on any atom is -0.390 e. The van der Waals surface area contributed by atoms with Crippen molar-refractivity contribution in [3.8, 4) is 0 Å². The van der Waals surface area contributed by atoms with Crippen LogP contribution in [0.3, 0.4) is 0 Å². The van der Waals surface area contributed by atoms with Crippen molar-refractivity contribution in [1.82, 2.24) is 0 Å². The van der Waals surface area contributed by atoms with E-state index in [2.05, 4.69) is 53.4 Å². The average molecular weight is 302 g/mol. The summed E-state index contributed by atoms with van der Waals surface area (Å²) in [6.07, 6.45) is 1.75. The quantitative estimate of drug-likeness (QED) is 0.919. The number of halogens is 1. The smallest absolute Gasteiger partial charge is 0.0816 e. The molecular weight excluding hydrogens is 282 g/mol. The number of benzene rings is 2. The van der Waals surface area contributed by atoms with Gasteiger partial charge >= 0.3 is 0 Å².